The Hall–Kier alpha value is -1.53. The normalized spacial score (nSPS) is 11.9. The van der Waals surface area contributed by atoms with Gasteiger partial charge in [0, 0.05) is 0 Å². The van der Waals surface area contributed by atoms with Gasteiger partial charge in [0.1, 0.15) is 11.8 Å². The predicted octanol–water partition coefficient (Wildman–Crippen LogP) is 2.18. The van der Waals surface area contributed by atoms with Crippen molar-refractivity contribution in [3.05, 3.63) is 29.3 Å². The van der Waals surface area contributed by atoms with Gasteiger partial charge in [0.15, 0.2) is 6.10 Å². The van der Waals surface area contributed by atoms with Crippen molar-refractivity contribution in [2.45, 2.75) is 32.8 Å². The summed E-state index contributed by atoms with van der Waals surface area (Å²) in [6.45, 7) is 4.51. The Bertz CT molecular complexity index is 382. The molecule has 1 atom stereocenters. The van der Waals surface area contributed by atoms with E-state index in [0.717, 1.165) is 23.3 Å². The molecule has 0 radical (unpaired) electrons. The molecule has 86 valence electrons. The number of hydrogen-bond acceptors (Lipinski definition) is 3. The zero-order chi connectivity index (χ0) is 12.0. The van der Waals surface area contributed by atoms with E-state index in [0.29, 0.717) is 13.0 Å². The van der Waals surface area contributed by atoms with Crippen molar-refractivity contribution in [2.24, 2.45) is 5.73 Å². The Morgan fingerprint density at radius 1 is 1.50 bits per heavy atom. The lowest BCUT2D eigenvalue weighted by molar-refractivity contribution is 0.248. The van der Waals surface area contributed by atoms with Crippen molar-refractivity contribution in [3.8, 4) is 11.8 Å². The van der Waals surface area contributed by atoms with Crippen LogP contribution in [0.5, 0.6) is 5.75 Å². The van der Waals surface area contributed by atoms with Crippen molar-refractivity contribution >= 4 is 0 Å². The van der Waals surface area contributed by atoms with Crippen LogP contribution in [-0.4, -0.2) is 12.6 Å². The molecular formula is C13H18N2O. The van der Waals surface area contributed by atoms with Gasteiger partial charge in [-0.2, -0.15) is 5.26 Å². The third kappa shape index (κ3) is 2.98. The van der Waals surface area contributed by atoms with Gasteiger partial charge in [-0.1, -0.05) is 25.1 Å². The van der Waals surface area contributed by atoms with Gasteiger partial charge in [-0.15, -0.1) is 0 Å². The lowest BCUT2D eigenvalue weighted by Crippen LogP contribution is -2.15. The van der Waals surface area contributed by atoms with Gasteiger partial charge in [0.2, 0.25) is 0 Å². The zero-order valence-corrected chi connectivity index (χ0v) is 9.86. The van der Waals surface area contributed by atoms with Crippen LogP contribution in [0, 0.1) is 18.3 Å². The standard InChI is InChI=1S/C13H18N2O/c1-3-12(9-15)16-13-10(2)5-4-6-11(13)7-8-14/h4-6,12H,3,7-8,14H2,1-2H3. The van der Waals surface area contributed by atoms with Gasteiger partial charge in [0.05, 0.1) is 0 Å². The SMILES string of the molecule is CCC(C#N)Oc1c(C)cccc1CCN. The van der Waals surface area contributed by atoms with E-state index in [2.05, 4.69) is 6.07 Å². The fourth-order valence-electron chi connectivity index (χ4n) is 1.58. The molecule has 0 aliphatic heterocycles. The molecule has 2 N–H and O–H groups in total. The Morgan fingerprint density at radius 2 is 2.25 bits per heavy atom. The number of nitriles is 1. The molecule has 0 amide bonds. The van der Waals surface area contributed by atoms with Crippen LogP contribution in [0.2, 0.25) is 0 Å². The van der Waals surface area contributed by atoms with Gasteiger partial charge < -0.3 is 10.5 Å². The van der Waals surface area contributed by atoms with Crippen molar-refractivity contribution < 1.29 is 4.74 Å². The van der Waals surface area contributed by atoms with Gasteiger partial charge in [-0.05, 0) is 37.4 Å². The highest BCUT2D eigenvalue weighted by Crippen LogP contribution is 2.25. The molecule has 0 spiro atoms. The summed E-state index contributed by atoms with van der Waals surface area (Å²) in [5, 5.41) is 8.90. The molecule has 3 heteroatoms. The van der Waals surface area contributed by atoms with Crippen LogP contribution in [0.1, 0.15) is 24.5 Å². The van der Waals surface area contributed by atoms with E-state index in [1.165, 1.54) is 0 Å². The first kappa shape index (κ1) is 12.5. The molecule has 1 unspecified atom stereocenters. The maximum Gasteiger partial charge on any atom is 0.184 e. The molecule has 3 nitrogen and oxygen atoms in total. The fourth-order valence-corrected chi connectivity index (χ4v) is 1.58. The summed E-state index contributed by atoms with van der Waals surface area (Å²) in [6, 6.07) is 8.11. The summed E-state index contributed by atoms with van der Waals surface area (Å²) in [5.74, 6) is 0.821. The summed E-state index contributed by atoms with van der Waals surface area (Å²) in [7, 11) is 0. The second kappa shape index (κ2) is 6.14. The lowest BCUT2D eigenvalue weighted by atomic mass is 10.1. The van der Waals surface area contributed by atoms with Gasteiger partial charge in [-0.25, -0.2) is 0 Å². The Kier molecular flexibility index (Phi) is 4.81. The van der Waals surface area contributed by atoms with E-state index in [4.69, 9.17) is 15.7 Å². The largest absolute Gasteiger partial charge is 0.475 e. The molecule has 0 bridgehead atoms. The molecule has 1 rings (SSSR count). The number of aryl methyl sites for hydroxylation is 1. The van der Waals surface area contributed by atoms with Crippen LogP contribution in [0.15, 0.2) is 18.2 Å². The van der Waals surface area contributed by atoms with E-state index in [-0.39, 0.29) is 6.10 Å². The highest BCUT2D eigenvalue weighted by Gasteiger charge is 2.11. The number of nitrogens with two attached hydrogens (primary N) is 1. The summed E-state index contributed by atoms with van der Waals surface area (Å²) in [4.78, 5) is 0. The maximum atomic E-state index is 8.90. The molecule has 1 aromatic carbocycles. The first-order valence-electron chi connectivity index (χ1n) is 5.57. The molecule has 0 heterocycles. The molecule has 16 heavy (non-hydrogen) atoms. The molecule has 0 aromatic heterocycles. The number of hydrogen-bond donors (Lipinski definition) is 1. The van der Waals surface area contributed by atoms with Crippen molar-refractivity contribution in [1.82, 2.24) is 0 Å². The molecule has 0 aliphatic rings. The molecule has 0 fully saturated rings. The van der Waals surface area contributed by atoms with Crippen LogP contribution in [0.4, 0.5) is 0 Å². The summed E-state index contributed by atoms with van der Waals surface area (Å²) in [6.07, 6.45) is 1.09. The summed E-state index contributed by atoms with van der Waals surface area (Å²) in [5.41, 5.74) is 7.69. The first-order chi connectivity index (χ1) is 7.72. The van der Waals surface area contributed by atoms with Crippen molar-refractivity contribution in [2.75, 3.05) is 6.54 Å². The number of ether oxygens (including phenoxy) is 1. The molecule has 0 saturated heterocycles. The second-order valence-corrected chi connectivity index (χ2v) is 3.75. The monoisotopic (exact) mass is 218 g/mol. The third-order valence-electron chi connectivity index (χ3n) is 2.48. The van der Waals surface area contributed by atoms with E-state index in [1.807, 2.05) is 32.0 Å². The van der Waals surface area contributed by atoms with Gasteiger partial charge >= 0.3 is 0 Å². The quantitative estimate of drug-likeness (QED) is 0.824. The Labute approximate surface area is 96.8 Å². The minimum absolute atomic E-state index is 0.377. The lowest BCUT2D eigenvalue weighted by Gasteiger charge is -2.16. The molecule has 1 aromatic rings. The fraction of sp³-hybridized carbons (Fsp3) is 0.462. The Balaban J connectivity index is 2.96. The Morgan fingerprint density at radius 3 is 2.81 bits per heavy atom. The van der Waals surface area contributed by atoms with Crippen LogP contribution < -0.4 is 10.5 Å². The third-order valence-corrected chi connectivity index (χ3v) is 2.48. The summed E-state index contributed by atoms with van der Waals surface area (Å²) < 4.78 is 5.71. The number of rotatable bonds is 5. The highest BCUT2D eigenvalue weighted by atomic mass is 16.5. The van der Waals surface area contributed by atoms with Crippen LogP contribution >= 0.6 is 0 Å². The summed E-state index contributed by atoms with van der Waals surface area (Å²) >= 11 is 0. The smallest absolute Gasteiger partial charge is 0.184 e. The minimum atomic E-state index is -0.377. The highest BCUT2D eigenvalue weighted by molar-refractivity contribution is 5.41. The van der Waals surface area contributed by atoms with E-state index >= 15 is 0 Å². The van der Waals surface area contributed by atoms with Crippen LogP contribution in [-0.2, 0) is 6.42 Å². The van der Waals surface area contributed by atoms with E-state index < -0.39 is 0 Å². The van der Waals surface area contributed by atoms with Crippen molar-refractivity contribution in [3.63, 3.8) is 0 Å². The number of benzene rings is 1. The van der Waals surface area contributed by atoms with Crippen LogP contribution in [0.3, 0.4) is 0 Å². The molecule has 0 aliphatic carbocycles. The first-order valence-corrected chi connectivity index (χ1v) is 5.57. The molecular weight excluding hydrogens is 200 g/mol. The molecule has 0 saturated carbocycles. The van der Waals surface area contributed by atoms with Gasteiger partial charge in [-0.3, -0.25) is 0 Å². The maximum absolute atomic E-state index is 8.90. The predicted molar refractivity (Wildman–Crippen MR) is 64.3 cm³/mol. The number of para-hydroxylation sites is 1. The zero-order valence-electron chi connectivity index (χ0n) is 9.86. The number of nitrogens with zero attached hydrogens (tertiary/aromatic N) is 1. The van der Waals surface area contributed by atoms with E-state index in [9.17, 15) is 0 Å². The second-order valence-electron chi connectivity index (χ2n) is 3.75. The van der Waals surface area contributed by atoms with E-state index in [1.54, 1.807) is 0 Å². The van der Waals surface area contributed by atoms with Crippen molar-refractivity contribution in [1.29, 1.82) is 5.26 Å². The topological polar surface area (TPSA) is 59.0 Å². The minimum Gasteiger partial charge on any atom is -0.475 e. The van der Waals surface area contributed by atoms with Crippen LogP contribution in [0.25, 0.3) is 0 Å². The van der Waals surface area contributed by atoms with Gasteiger partial charge in [0.25, 0.3) is 0 Å². The average Bonchev–Trinajstić information content (AvgIpc) is 2.29. The average molecular weight is 218 g/mol.